The summed E-state index contributed by atoms with van der Waals surface area (Å²) in [6, 6.07) is 14.2. The number of carbonyl (C=O) groups excluding carboxylic acids is 2. The van der Waals surface area contributed by atoms with E-state index in [-0.39, 0.29) is 17.8 Å². The first-order valence-electron chi connectivity index (χ1n) is 11.8. The molecule has 9 nitrogen and oxygen atoms in total. The number of anilines is 2. The van der Waals surface area contributed by atoms with Crippen molar-refractivity contribution >= 4 is 34.2 Å². The molecule has 10 heteroatoms. The lowest BCUT2D eigenvalue weighted by molar-refractivity contribution is -0.114. The first-order valence-corrected chi connectivity index (χ1v) is 11.8. The molecule has 0 aliphatic heterocycles. The number of aromatic amines is 1. The van der Waals surface area contributed by atoms with Crippen LogP contribution in [-0.4, -0.2) is 34.9 Å². The van der Waals surface area contributed by atoms with Crippen molar-refractivity contribution in [1.82, 2.24) is 15.3 Å². The fraction of sp³-hybridized carbons (Fsp3) is 0.143. The smallest absolute Gasteiger partial charge is 0.283 e. The summed E-state index contributed by atoms with van der Waals surface area (Å²) in [5.41, 5.74) is 10.6. The average Bonchev–Trinajstić information content (AvgIpc) is 3.64. The van der Waals surface area contributed by atoms with Crippen LogP contribution in [0.3, 0.4) is 0 Å². The van der Waals surface area contributed by atoms with Gasteiger partial charge in [0.2, 0.25) is 0 Å². The van der Waals surface area contributed by atoms with Crippen LogP contribution in [0.4, 0.5) is 15.9 Å². The van der Waals surface area contributed by atoms with Crippen molar-refractivity contribution < 1.29 is 18.7 Å². The number of nitrogens with one attached hydrogen (secondary N) is 3. The molecule has 2 amide bonds. The number of halogens is 1. The van der Waals surface area contributed by atoms with Crippen molar-refractivity contribution in [3.8, 4) is 34.2 Å². The normalized spacial score (nSPS) is 12.6. The summed E-state index contributed by atoms with van der Waals surface area (Å²) in [7, 11) is 1.49. The number of fused-ring (bicyclic) bond motifs is 1. The number of benzene rings is 2. The number of ether oxygens (including phenoxy) is 1. The molecule has 5 N–H and O–H groups in total. The van der Waals surface area contributed by atoms with Gasteiger partial charge in [0.15, 0.2) is 5.83 Å². The summed E-state index contributed by atoms with van der Waals surface area (Å²) in [4.78, 5) is 31.9. The molecular weight excluding hydrogens is 487 g/mol. The van der Waals surface area contributed by atoms with Crippen molar-refractivity contribution in [2.75, 3.05) is 18.2 Å². The number of aromatic nitrogens is 2. The Bertz CT molecular complexity index is 1650. The number of nitriles is 1. The number of H-pyrrole nitrogens is 1. The molecule has 5 rings (SSSR count). The molecule has 0 spiro atoms. The van der Waals surface area contributed by atoms with Crippen LogP contribution < -0.4 is 21.1 Å². The van der Waals surface area contributed by atoms with E-state index in [1.807, 2.05) is 0 Å². The zero-order valence-corrected chi connectivity index (χ0v) is 20.4. The second kappa shape index (κ2) is 9.71. The van der Waals surface area contributed by atoms with E-state index in [9.17, 15) is 19.2 Å². The van der Waals surface area contributed by atoms with Gasteiger partial charge in [-0.05, 0) is 48.2 Å². The SMILES string of the molecule is C=C(F)C(=O)Nc1ccc(-c2[nH]c3c(C#N)cnc(N)c3c2-c2ccc(C(=O)NC3CC3)c(OC)c2)cc1. The average molecular weight is 511 g/mol. The van der Waals surface area contributed by atoms with Gasteiger partial charge in [-0.1, -0.05) is 24.8 Å². The van der Waals surface area contributed by atoms with Crippen LogP contribution in [0.25, 0.3) is 33.3 Å². The second-order valence-corrected chi connectivity index (χ2v) is 8.89. The predicted molar refractivity (Wildman–Crippen MR) is 142 cm³/mol. The third kappa shape index (κ3) is 4.53. The van der Waals surface area contributed by atoms with E-state index in [0.29, 0.717) is 55.9 Å². The molecule has 0 bridgehead atoms. The predicted octanol–water partition coefficient (Wildman–Crippen LogP) is 4.67. The lowest BCUT2D eigenvalue weighted by Gasteiger charge is -2.13. The first-order chi connectivity index (χ1) is 18.3. The van der Waals surface area contributed by atoms with Gasteiger partial charge in [0.25, 0.3) is 11.8 Å². The van der Waals surface area contributed by atoms with Crippen molar-refractivity contribution in [2.24, 2.45) is 0 Å². The molecule has 0 radical (unpaired) electrons. The van der Waals surface area contributed by atoms with Gasteiger partial charge in [-0.3, -0.25) is 9.59 Å². The van der Waals surface area contributed by atoms with E-state index < -0.39 is 11.7 Å². The lowest BCUT2D eigenvalue weighted by Crippen LogP contribution is -2.25. The van der Waals surface area contributed by atoms with Crippen LogP contribution in [0.15, 0.2) is 61.1 Å². The molecule has 2 aromatic heterocycles. The topological polar surface area (TPSA) is 146 Å². The highest BCUT2D eigenvalue weighted by Crippen LogP contribution is 2.43. The molecule has 0 atom stereocenters. The summed E-state index contributed by atoms with van der Waals surface area (Å²) in [5, 5.41) is 15.6. The number of rotatable bonds is 7. The molecule has 2 aromatic carbocycles. The van der Waals surface area contributed by atoms with Crippen LogP contribution in [-0.2, 0) is 4.79 Å². The Balaban J connectivity index is 1.66. The van der Waals surface area contributed by atoms with Crippen molar-refractivity contribution in [2.45, 2.75) is 18.9 Å². The molecule has 0 saturated heterocycles. The third-order valence-electron chi connectivity index (χ3n) is 6.30. The Kier molecular flexibility index (Phi) is 6.26. The Morgan fingerprint density at radius 1 is 1.21 bits per heavy atom. The number of nitrogens with two attached hydrogens (primary N) is 1. The van der Waals surface area contributed by atoms with E-state index in [1.165, 1.54) is 13.3 Å². The number of hydrogen-bond donors (Lipinski definition) is 4. The number of carbonyl (C=O) groups is 2. The highest BCUT2D eigenvalue weighted by molar-refractivity contribution is 6.11. The summed E-state index contributed by atoms with van der Waals surface area (Å²) >= 11 is 0. The number of hydrogen-bond acceptors (Lipinski definition) is 6. The number of methoxy groups -OCH3 is 1. The van der Waals surface area contributed by atoms with Gasteiger partial charge in [0.1, 0.15) is 17.6 Å². The van der Waals surface area contributed by atoms with Crippen LogP contribution in [0.1, 0.15) is 28.8 Å². The molecule has 1 aliphatic rings. The largest absolute Gasteiger partial charge is 0.496 e. The summed E-state index contributed by atoms with van der Waals surface area (Å²) in [6.07, 6.45) is 3.32. The van der Waals surface area contributed by atoms with Crippen molar-refractivity contribution in [1.29, 1.82) is 5.26 Å². The molecular formula is C28H23FN6O3. The van der Waals surface area contributed by atoms with Gasteiger partial charge < -0.3 is 26.1 Å². The van der Waals surface area contributed by atoms with Crippen molar-refractivity contribution in [3.05, 3.63) is 72.2 Å². The van der Waals surface area contributed by atoms with Gasteiger partial charge in [0, 0.05) is 23.5 Å². The maximum Gasteiger partial charge on any atom is 0.283 e. The minimum absolute atomic E-state index is 0.193. The first kappa shape index (κ1) is 24.5. The zero-order valence-electron chi connectivity index (χ0n) is 20.4. The molecule has 2 heterocycles. The van der Waals surface area contributed by atoms with E-state index in [0.717, 1.165) is 12.8 Å². The fourth-order valence-electron chi connectivity index (χ4n) is 4.26. The number of amides is 2. The molecule has 1 saturated carbocycles. The summed E-state index contributed by atoms with van der Waals surface area (Å²) < 4.78 is 18.7. The van der Waals surface area contributed by atoms with Crippen LogP contribution in [0, 0.1) is 11.3 Å². The molecule has 0 unspecified atom stereocenters. The molecule has 190 valence electrons. The second-order valence-electron chi connectivity index (χ2n) is 8.89. The van der Waals surface area contributed by atoms with E-state index >= 15 is 0 Å². The number of nitrogens with zero attached hydrogens (tertiary/aromatic N) is 2. The number of pyridine rings is 1. The zero-order chi connectivity index (χ0) is 27.0. The summed E-state index contributed by atoms with van der Waals surface area (Å²) in [6.45, 7) is 3.00. The highest BCUT2D eigenvalue weighted by atomic mass is 19.1. The number of nitrogen functional groups attached to an aromatic ring is 1. The van der Waals surface area contributed by atoms with Crippen LogP contribution >= 0.6 is 0 Å². The van der Waals surface area contributed by atoms with Crippen LogP contribution in [0.2, 0.25) is 0 Å². The summed E-state index contributed by atoms with van der Waals surface area (Å²) in [5.74, 6) is -1.64. The van der Waals surface area contributed by atoms with E-state index in [2.05, 4.69) is 33.2 Å². The standard InChI is InChI=1S/C28H23FN6O3/c1-14(29)27(36)33-18-6-3-15(4-7-18)24-22(23-25(35-24)17(12-30)13-32-26(23)31)16-5-10-20(21(11-16)38-2)28(37)34-19-8-9-19/h3-7,10-11,13,19,35H,1,8-9H2,2H3,(H2,31,32)(H,33,36)(H,34,37). The van der Waals surface area contributed by atoms with Gasteiger partial charge in [-0.15, -0.1) is 0 Å². The Hall–Kier alpha value is -5.17. The van der Waals surface area contributed by atoms with Gasteiger partial charge in [0.05, 0.1) is 34.8 Å². The Labute approximate surface area is 217 Å². The van der Waals surface area contributed by atoms with Gasteiger partial charge in [-0.2, -0.15) is 5.26 Å². The maximum absolute atomic E-state index is 13.1. The minimum atomic E-state index is -1.10. The van der Waals surface area contributed by atoms with Crippen molar-refractivity contribution in [3.63, 3.8) is 0 Å². The Morgan fingerprint density at radius 2 is 1.92 bits per heavy atom. The Morgan fingerprint density at radius 3 is 2.55 bits per heavy atom. The van der Waals surface area contributed by atoms with E-state index in [1.54, 1.807) is 42.5 Å². The fourth-order valence-corrected chi connectivity index (χ4v) is 4.26. The van der Waals surface area contributed by atoms with Gasteiger partial charge in [-0.25, -0.2) is 9.37 Å². The lowest BCUT2D eigenvalue weighted by atomic mass is 9.96. The maximum atomic E-state index is 13.1. The molecule has 4 aromatic rings. The van der Waals surface area contributed by atoms with Crippen LogP contribution in [0.5, 0.6) is 5.75 Å². The quantitative estimate of drug-likeness (QED) is 0.266. The molecule has 1 fully saturated rings. The third-order valence-corrected chi connectivity index (χ3v) is 6.30. The highest BCUT2D eigenvalue weighted by Gasteiger charge is 2.26. The van der Waals surface area contributed by atoms with E-state index in [4.69, 9.17) is 10.5 Å². The minimum Gasteiger partial charge on any atom is -0.496 e. The molecule has 1 aliphatic carbocycles. The monoisotopic (exact) mass is 510 g/mol. The molecule has 38 heavy (non-hydrogen) atoms. The van der Waals surface area contributed by atoms with Gasteiger partial charge >= 0.3 is 0 Å².